The van der Waals surface area contributed by atoms with Gasteiger partial charge in [-0.15, -0.1) is 34.2 Å². The number of aromatic nitrogens is 3. The molecular weight excluding hydrogens is 491 g/mol. The highest BCUT2D eigenvalue weighted by Crippen LogP contribution is 2.14. The van der Waals surface area contributed by atoms with E-state index in [0.717, 1.165) is 17.2 Å². The highest BCUT2D eigenvalue weighted by Gasteiger charge is 2.28. The highest BCUT2D eigenvalue weighted by molar-refractivity contribution is 14.0. The van der Waals surface area contributed by atoms with Crippen LogP contribution in [0.2, 0.25) is 0 Å². The van der Waals surface area contributed by atoms with Crippen molar-refractivity contribution in [3.63, 3.8) is 0 Å². The van der Waals surface area contributed by atoms with Crippen molar-refractivity contribution in [2.24, 2.45) is 12.0 Å². The minimum atomic E-state index is -2.96. The first-order chi connectivity index (χ1) is 12.8. The molecule has 0 saturated carbocycles. The summed E-state index contributed by atoms with van der Waals surface area (Å²) in [6.45, 7) is 4.29. The second kappa shape index (κ2) is 9.68. The normalized spacial score (nSPS) is 19.7. The van der Waals surface area contributed by atoms with E-state index in [0.29, 0.717) is 18.9 Å². The van der Waals surface area contributed by atoms with Crippen LogP contribution in [0.4, 0.5) is 0 Å². The number of halogens is 1. The maximum Gasteiger partial charge on any atom is 0.192 e. The standard InChI is InChI=1S/C18H26N6O2S.HI/c1-13(15-7-5-4-6-8-15)20-18(21-16-9-10-27(25,26)12-16)19-11-17-23-22-14(2)24(17)3;/h4-8,13,16H,9-12H2,1-3H3,(H2,19,20,21);1H. The summed E-state index contributed by atoms with van der Waals surface area (Å²) in [6.07, 6.45) is 0.589. The number of aryl methyl sites for hydroxylation is 1. The predicted molar refractivity (Wildman–Crippen MR) is 120 cm³/mol. The number of hydrogen-bond acceptors (Lipinski definition) is 5. The van der Waals surface area contributed by atoms with Gasteiger partial charge in [0.1, 0.15) is 12.4 Å². The van der Waals surface area contributed by atoms with Gasteiger partial charge in [-0.05, 0) is 25.8 Å². The minimum absolute atomic E-state index is 0. The molecule has 0 amide bonds. The molecule has 2 heterocycles. The van der Waals surface area contributed by atoms with Crippen molar-refractivity contribution in [2.45, 2.75) is 38.9 Å². The molecule has 0 spiro atoms. The fourth-order valence-corrected chi connectivity index (χ4v) is 4.68. The van der Waals surface area contributed by atoms with Crippen LogP contribution < -0.4 is 10.6 Å². The first-order valence-electron chi connectivity index (χ1n) is 9.02. The summed E-state index contributed by atoms with van der Waals surface area (Å²) in [4.78, 5) is 4.62. The molecule has 154 valence electrons. The van der Waals surface area contributed by atoms with E-state index in [9.17, 15) is 8.42 Å². The first kappa shape index (κ1) is 22.6. The Hall–Kier alpha value is -1.69. The third-order valence-electron chi connectivity index (χ3n) is 4.79. The van der Waals surface area contributed by atoms with Gasteiger partial charge in [-0.1, -0.05) is 30.3 Å². The molecule has 2 aromatic rings. The molecule has 2 atom stereocenters. The van der Waals surface area contributed by atoms with Crippen LogP contribution in [0.15, 0.2) is 35.3 Å². The van der Waals surface area contributed by atoms with Crippen LogP contribution in [-0.2, 0) is 23.4 Å². The van der Waals surface area contributed by atoms with Gasteiger partial charge in [0, 0.05) is 13.1 Å². The fraction of sp³-hybridized carbons (Fsp3) is 0.500. The summed E-state index contributed by atoms with van der Waals surface area (Å²) in [7, 11) is -1.06. The van der Waals surface area contributed by atoms with E-state index >= 15 is 0 Å². The summed E-state index contributed by atoms with van der Waals surface area (Å²) in [6, 6.07) is 9.93. The number of nitrogens with zero attached hydrogens (tertiary/aromatic N) is 4. The number of sulfone groups is 1. The average Bonchev–Trinajstić information content (AvgIpc) is 3.15. The van der Waals surface area contributed by atoms with Crippen LogP contribution in [0.1, 0.15) is 36.6 Å². The topological polar surface area (TPSA) is 101 Å². The monoisotopic (exact) mass is 518 g/mol. The second-order valence-corrected chi connectivity index (χ2v) is 9.14. The Bertz CT molecular complexity index is 913. The first-order valence-corrected chi connectivity index (χ1v) is 10.8. The smallest absolute Gasteiger partial charge is 0.192 e. The van der Waals surface area contributed by atoms with E-state index < -0.39 is 9.84 Å². The van der Waals surface area contributed by atoms with Crippen molar-refractivity contribution < 1.29 is 8.42 Å². The summed E-state index contributed by atoms with van der Waals surface area (Å²) in [5.41, 5.74) is 1.13. The predicted octanol–water partition coefficient (Wildman–Crippen LogP) is 1.73. The van der Waals surface area contributed by atoms with Crippen molar-refractivity contribution >= 4 is 39.8 Å². The Kier molecular flexibility index (Phi) is 7.81. The zero-order chi connectivity index (χ0) is 19.4. The molecule has 0 radical (unpaired) electrons. The lowest BCUT2D eigenvalue weighted by molar-refractivity contribution is 0.597. The summed E-state index contributed by atoms with van der Waals surface area (Å²) < 4.78 is 25.4. The van der Waals surface area contributed by atoms with E-state index in [1.54, 1.807) is 0 Å². The Morgan fingerprint density at radius 2 is 2.04 bits per heavy atom. The molecule has 8 nitrogen and oxygen atoms in total. The lowest BCUT2D eigenvalue weighted by Crippen LogP contribution is -2.45. The highest BCUT2D eigenvalue weighted by atomic mass is 127. The van der Waals surface area contributed by atoms with Crippen LogP contribution in [0.25, 0.3) is 0 Å². The van der Waals surface area contributed by atoms with Gasteiger partial charge < -0.3 is 15.2 Å². The molecule has 1 aromatic heterocycles. The zero-order valence-corrected chi connectivity index (χ0v) is 19.4. The van der Waals surface area contributed by atoms with Gasteiger partial charge in [0.2, 0.25) is 0 Å². The largest absolute Gasteiger partial charge is 0.353 e. The van der Waals surface area contributed by atoms with Gasteiger partial charge in [0.15, 0.2) is 21.6 Å². The zero-order valence-electron chi connectivity index (χ0n) is 16.3. The lowest BCUT2D eigenvalue weighted by Gasteiger charge is -2.21. The molecule has 3 rings (SSSR count). The lowest BCUT2D eigenvalue weighted by atomic mass is 10.1. The Balaban J connectivity index is 0.00000280. The van der Waals surface area contributed by atoms with Crippen LogP contribution in [0.5, 0.6) is 0 Å². The molecule has 1 fully saturated rings. The molecule has 2 N–H and O–H groups in total. The van der Waals surface area contributed by atoms with Crippen molar-refractivity contribution in [1.82, 2.24) is 25.4 Å². The quantitative estimate of drug-likeness (QED) is 0.355. The van der Waals surface area contributed by atoms with Crippen LogP contribution in [0, 0.1) is 6.92 Å². The maximum atomic E-state index is 11.8. The van der Waals surface area contributed by atoms with E-state index in [4.69, 9.17) is 0 Å². The fourth-order valence-electron chi connectivity index (χ4n) is 3.00. The van der Waals surface area contributed by atoms with Gasteiger partial charge in [-0.3, -0.25) is 0 Å². The summed E-state index contributed by atoms with van der Waals surface area (Å²) in [5.74, 6) is 2.50. The molecule has 28 heavy (non-hydrogen) atoms. The average molecular weight is 518 g/mol. The SMILES string of the molecule is Cc1nnc(CN=C(NC2CCS(=O)(=O)C2)NC(C)c2ccccc2)n1C.I. The van der Waals surface area contributed by atoms with Crippen LogP contribution in [0.3, 0.4) is 0 Å². The van der Waals surface area contributed by atoms with Crippen LogP contribution in [-0.4, -0.2) is 46.7 Å². The number of guanidine groups is 1. The van der Waals surface area contributed by atoms with Crippen molar-refractivity contribution in [3.05, 3.63) is 47.5 Å². The Morgan fingerprint density at radius 3 is 2.61 bits per heavy atom. The van der Waals surface area contributed by atoms with Crippen LogP contribution >= 0.6 is 24.0 Å². The minimum Gasteiger partial charge on any atom is -0.353 e. The second-order valence-electron chi connectivity index (χ2n) is 6.91. The molecule has 0 bridgehead atoms. The van der Waals surface area contributed by atoms with Crippen molar-refractivity contribution in [1.29, 1.82) is 0 Å². The summed E-state index contributed by atoms with van der Waals surface area (Å²) in [5, 5.41) is 14.8. The van der Waals surface area contributed by atoms with Gasteiger partial charge >= 0.3 is 0 Å². The van der Waals surface area contributed by atoms with Gasteiger partial charge in [-0.25, -0.2) is 13.4 Å². The molecule has 1 saturated heterocycles. The number of rotatable bonds is 5. The molecular formula is C18H27IN6O2S. The molecule has 1 aliphatic rings. The third kappa shape index (κ3) is 5.90. The number of benzene rings is 1. The van der Waals surface area contributed by atoms with E-state index in [1.165, 1.54) is 0 Å². The van der Waals surface area contributed by atoms with Crippen molar-refractivity contribution in [3.8, 4) is 0 Å². The molecule has 1 aromatic carbocycles. The van der Waals surface area contributed by atoms with E-state index in [-0.39, 0.29) is 47.6 Å². The van der Waals surface area contributed by atoms with Gasteiger partial charge in [0.05, 0.1) is 17.5 Å². The molecule has 1 aliphatic heterocycles. The molecule has 0 aliphatic carbocycles. The maximum absolute atomic E-state index is 11.8. The van der Waals surface area contributed by atoms with E-state index in [2.05, 4.69) is 25.8 Å². The Labute approximate surface area is 183 Å². The molecule has 10 heteroatoms. The van der Waals surface area contributed by atoms with E-state index in [1.807, 2.05) is 55.8 Å². The van der Waals surface area contributed by atoms with Crippen molar-refractivity contribution in [2.75, 3.05) is 11.5 Å². The Morgan fingerprint density at radius 1 is 1.32 bits per heavy atom. The number of hydrogen-bond donors (Lipinski definition) is 2. The third-order valence-corrected chi connectivity index (χ3v) is 6.56. The number of nitrogens with one attached hydrogen (secondary N) is 2. The van der Waals surface area contributed by atoms with Gasteiger partial charge in [0.25, 0.3) is 0 Å². The number of aliphatic imine (C=N–C) groups is 1. The molecule has 2 unspecified atom stereocenters. The van der Waals surface area contributed by atoms with Gasteiger partial charge in [-0.2, -0.15) is 0 Å². The summed E-state index contributed by atoms with van der Waals surface area (Å²) >= 11 is 0.